The van der Waals surface area contributed by atoms with E-state index in [0.29, 0.717) is 12.5 Å². The predicted molar refractivity (Wildman–Crippen MR) is 75.5 cm³/mol. The number of aliphatic hydroxyl groups excluding tert-OH is 1. The average Bonchev–Trinajstić information content (AvgIpc) is 2.36. The van der Waals surface area contributed by atoms with Gasteiger partial charge in [-0.1, -0.05) is 13.8 Å². The number of aliphatic hydroxyl groups is 1. The summed E-state index contributed by atoms with van der Waals surface area (Å²) >= 11 is 1.54. The summed E-state index contributed by atoms with van der Waals surface area (Å²) in [6.45, 7) is 6.00. The van der Waals surface area contributed by atoms with Crippen LogP contribution in [0.15, 0.2) is 29.2 Å². The molecule has 2 N–H and O–H groups in total. The van der Waals surface area contributed by atoms with Gasteiger partial charge in [0.25, 0.3) is 0 Å². The lowest BCUT2D eigenvalue weighted by atomic mass is 10.2. The third-order valence-electron chi connectivity index (χ3n) is 2.31. The molecule has 0 saturated carbocycles. The van der Waals surface area contributed by atoms with Crippen LogP contribution in [0.3, 0.4) is 0 Å². The van der Waals surface area contributed by atoms with E-state index in [1.807, 2.05) is 29.3 Å². The fraction of sp³-hybridized carbons (Fsp3) is 0.538. The molecule has 0 aliphatic heterocycles. The highest BCUT2D eigenvalue weighted by molar-refractivity contribution is 7.97. The number of nitrogens with one attached hydrogen (secondary N) is 1. The van der Waals surface area contributed by atoms with E-state index in [9.17, 15) is 0 Å². The molecule has 0 aliphatic carbocycles. The minimum atomic E-state index is 0.156. The van der Waals surface area contributed by atoms with E-state index in [4.69, 9.17) is 9.84 Å². The highest BCUT2D eigenvalue weighted by Crippen LogP contribution is 2.19. The van der Waals surface area contributed by atoms with Crippen molar-refractivity contribution in [2.45, 2.75) is 18.7 Å². The van der Waals surface area contributed by atoms with E-state index in [2.05, 4.69) is 18.7 Å². The van der Waals surface area contributed by atoms with Gasteiger partial charge in [0.2, 0.25) is 0 Å². The number of hydrazine groups is 1. The van der Waals surface area contributed by atoms with Crippen molar-refractivity contribution in [3.8, 4) is 5.75 Å². The highest BCUT2D eigenvalue weighted by atomic mass is 32.2. The minimum absolute atomic E-state index is 0.156. The lowest BCUT2D eigenvalue weighted by molar-refractivity contribution is 0.166. The Morgan fingerprint density at radius 2 is 2.00 bits per heavy atom. The number of ether oxygens (including phenoxy) is 1. The molecule has 0 atom stereocenters. The predicted octanol–water partition coefficient (Wildman–Crippen LogP) is 2.16. The molecule has 1 aromatic carbocycles. The molecule has 0 amide bonds. The van der Waals surface area contributed by atoms with Crippen molar-refractivity contribution in [3.05, 3.63) is 24.3 Å². The lowest BCUT2D eigenvalue weighted by Gasteiger charge is -2.23. The molecular weight excluding hydrogens is 248 g/mol. The van der Waals surface area contributed by atoms with E-state index in [-0.39, 0.29) is 6.61 Å². The molecule has 0 unspecified atom stereocenters. The van der Waals surface area contributed by atoms with Crippen molar-refractivity contribution in [3.63, 3.8) is 0 Å². The van der Waals surface area contributed by atoms with Gasteiger partial charge < -0.3 is 9.84 Å². The van der Waals surface area contributed by atoms with Crippen molar-refractivity contribution in [2.75, 3.05) is 26.8 Å². The van der Waals surface area contributed by atoms with Gasteiger partial charge in [0.1, 0.15) is 5.75 Å². The van der Waals surface area contributed by atoms with Crippen LogP contribution >= 0.6 is 11.9 Å². The van der Waals surface area contributed by atoms with Gasteiger partial charge in [0, 0.05) is 18.0 Å². The molecule has 5 heteroatoms. The molecule has 0 bridgehead atoms. The number of hydrogen-bond donors (Lipinski definition) is 2. The van der Waals surface area contributed by atoms with Crippen LogP contribution < -0.4 is 9.57 Å². The number of benzene rings is 1. The Kier molecular flexibility index (Phi) is 7.12. The van der Waals surface area contributed by atoms with E-state index in [0.717, 1.165) is 17.2 Å². The zero-order valence-electron chi connectivity index (χ0n) is 11.2. The maximum Gasteiger partial charge on any atom is 0.118 e. The molecule has 4 nitrogen and oxygen atoms in total. The van der Waals surface area contributed by atoms with E-state index >= 15 is 0 Å². The molecule has 102 valence electrons. The minimum Gasteiger partial charge on any atom is -0.497 e. The first-order chi connectivity index (χ1) is 8.65. The Morgan fingerprint density at radius 1 is 1.33 bits per heavy atom. The first-order valence-electron chi connectivity index (χ1n) is 6.08. The lowest BCUT2D eigenvalue weighted by Crippen LogP contribution is -2.38. The number of methoxy groups -OCH3 is 1. The summed E-state index contributed by atoms with van der Waals surface area (Å²) in [5.74, 6) is 1.41. The monoisotopic (exact) mass is 270 g/mol. The summed E-state index contributed by atoms with van der Waals surface area (Å²) < 4.78 is 5.11. The van der Waals surface area contributed by atoms with Crippen LogP contribution in [-0.2, 0) is 0 Å². The van der Waals surface area contributed by atoms with E-state index in [1.54, 1.807) is 7.11 Å². The first kappa shape index (κ1) is 15.3. The second-order valence-electron chi connectivity index (χ2n) is 4.43. The van der Waals surface area contributed by atoms with Crippen molar-refractivity contribution in [2.24, 2.45) is 5.92 Å². The van der Waals surface area contributed by atoms with Gasteiger partial charge >= 0.3 is 0 Å². The smallest absolute Gasteiger partial charge is 0.118 e. The molecule has 0 aliphatic rings. The standard InChI is InChI=1S/C13H22N2O2S/c1-11(2)10-15(8-9-16)14-18-13-6-4-12(17-3)5-7-13/h4-7,11,14,16H,8-10H2,1-3H3. The van der Waals surface area contributed by atoms with Crippen molar-refractivity contribution >= 4 is 11.9 Å². The van der Waals surface area contributed by atoms with Gasteiger partial charge in [0.05, 0.1) is 13.7 Å². The average molecular weight is 270 g/mol. The molecule has 1 rings (SSSR count). The number of rotatable bonds is 8. The molecule has 0 fully saturated rings. The maximum atomic E-state index is 9.01. The van der Waals surface area contributed by atoms with Crippen LogP contribution in [-0.4, -0.2) is 36.9 Å². The number of nitrogens with zero attached hydrogens (tertiary/aromatic N) is 1. The molecule has 0 aromatic heterocycles. The summed E-state index contributed by atoms with van der Waals surface area (Å²) in [7, 11) is 1.66. The Hall–Kier alpha value is -0.750. The van der Waals surface area contributed by atoms with Crippen LogP contribution in [0.1, 0.15) is 13.8 Å². The Bertz CT molecular complexity index is 330. The summed E-state index contributed by atoms with van der Waals surface area (Å²) in [6.07, 6.45) is 0. The highest BCUT2D eigenvalue weighted by Gasteiger charge is 2.06. The Labute approximate surface area is 113 Å². The molecule has 1 aromatic rings. The third kappa shape index (κ3) is 5.73. The summed E-state index contributed by atoms with van der Waals surface area (Å²) in [5, 5.41) is 11.0. The van der Waals surface area contributed by atoms with Crippen molar-refractivity contribution in [1.82, 2.24) is 9.84 Å². The van der Waals surface area contributed by atoms with Crippen LogP contribution in [0.2, 0.25) is 0 Å². The second-order valence-corrected chi connectivity index (χ2v) is 5.29. The zero-order chi connectivity index (χ0) is 13.4. The van der Waals surface area contributed by atoms with Crippen molar-refractivity contribution in [1.29, 1.82) is 0 Å². The molecule has 0 heterocycles. The van der Waals surface area contributed by atoms with Crippen LogP contribution in [0.25, 0.3) is 0 Å². The number of hydrogen-bond acceptors (Lipinski definition) is 5. The Morgan fingerprint density at radius 3 is 2.50 bits per heavy atom. The largest absolute Gasteiger partial charge is 0.497 e. The van der Waals surface area contributed by atoms with E-state index < -0.39 is 0 Å². The molecule has 0 saturated heterocycles. The maximum absolute atomic E-state index is 9.01. The molecule has 0 radical (unpaired) electrons. The zero-order valence-corrected chi connectivity index (χ0v) is 12.0. The van der Waals surface area contributed by atoms with Gasteiger partial charge in [0.15, 0.2) is 0 Å². The molecule has 18 heavy (non-hydrogen) atoms. The summed E-state index contributed by atoms with van der Waals surface area (Å²) in [6, 6.07) is 7.87. The fourth-order valence-electron chi connectivity index (χ4n) is 1.50. The quantitative estimate of drug-likeness (QED) is 0.560. The topological polar surface area (TPSA) is 44.7 Å². The fourth-order valence-corrected chi connectivity index (χ4v) is 2.17. The SMILES string of the molecule is COc1ccc(SNN(CCO)CC(C)C)cc1. The van der Waals surface area contributed by atoms with Gasteiger partial charge in [-0.3, -0.25) is 0 Å². The third-order valence-corrected chi connectivity index (χ3v) is 3.16. The molecular formula is C13H22N2O2S. The summed E-state index contributed by atoms with van der Waals surface area (Å²) in [4.78, 5) is 4.37. The van der Waals surface area contributed by atoms with Gasteiger partial charge in [-0.15, -0.1) is 0 Å². The Balaban J connectivity index is 2.44. The summed E-state index contributed by atoms with van der Waals surface area (Å²) in [5.41, 5.74) is 0. The van der Waals surface area contributed by atoms with Crippen LogP contribution in [0, 0.1) is 5.92 Å². The normalized spacial score (nSPS) is 11.2. The van der Waals surface area contributed by atoms with Gasteiger partial charge in [-0.2, -0.15) is 4.83 Å². The van der Waals surface area contributed by atoms with Crippen molar-refractivity contribution < 1.29 is 9.84 Å². The van der Waals surface area contributed by atoms with Gasteiger partial charge in [-0.05, 0) is 42.1 Å². The van der Waals surface area contributed by atoms with Crippen LogP contribution in [0.4, 0.5) is 0 Å². The first-order valence-corrected chi connectivity index (χ1v) is 6.89. The second kappa shape index (κ2) is 8.37. The van der Waals surface area contributed by atoms with E-state index in [1.165, 1.54) is 11.9 Å². The van der Waals surface area contributed by atoms with Gasteiger partial charge in [-0.25, -0.2) is 5.01 Å². The molecule has 0 spiro atoms. The van der Waals surface area contributed by atoms with Crippen LogP contribution in [0.5, 0.6) is 5.75 Å².